The predicted octanol–water partition coefficient (Wildman–Crippen LogP) is 2.02. The first-order chi connectivity index (χ1) is 9.19. The molecule has 1 saturated carbocycles. The van der Waals surface area contributed by atoms with Gasteiger partial charge >= 0.3 is 0 Å². The van der Waals surface area contributed by atoms with Gasteiger partial charge in [-0.25, -0.2) is 0 Å². The van der Waals surface area contributed by atoms with E-state index in [1.54, 1.807) is 12.1 Å². The van der Waals surface area contributed by atoms with E-state index in [2.05, 4.69) is 11.0 Å². The second-order valence-corrected chi connectivity index (χ2v) is 5.20. The average molecular weight is 260 g/mol. The fraction of sp³-hybridized carbons (Fsp3) is 0.533. The minimum atomic E-state index is -0.180. The Labute approximate surface area is 113 Å². The minimum absolute atomic E-state index is 0.180. The van der Waals surface area contributed by atoms with E-state index in [9.17, 15) is 10.2 Å². The molecule has 0 aromatic heterocycles. The van der Waals surface area contributed by atoms with Crippen molar-refractivity contribution in [1.82, 2.24) is 4.90 Å². The zero-order chi connectivity index (χ0) is 13.7. The average Bonchev–Trinajstić information content (AvgIpc) is 2.39. The maximum atomic E-state index is 9.55. The van der Waals surface area contributed by atoms with Crippen molar-refractivity contribution in [1.29, 1.82) is 5.26 Å². The van der Waals surface area contributed by atoms with Crippen molar-refractivity contribution in [3.05, 3.63) is 29.8 Å². The van der Waals surface area contributed by atoms with E-state index in [1.807, 2.05) is 12.1 Å². The molecule has 1 fully saturated rings. The predicted molar refractivity (Wildman–Crippen MR) is 72.4 cm³/mol. The number of aromatic hydroxyl groups is 1. The molecule has 4 nitrogen and oxygen atoms in total. The third-order valence-corrected chi connectivity index (χ3v) is 3.75. The summed E-state index contributed by atoms with van der Waals surface area (Å²) in [4.78, 5) is 2.14. The summed E-state index contributed by atoms with van der Waals surface area (Å²) in [5, 5.41) is 28.0. The Balaban J connectivity index is 2.02. The number of hydrogen-bond acceptors (Lipinski definition) is 4. The van der Waals surface area contributed by atoms with Crippen LogP contribution in [0.1, 0.15) is 31.2 Å². The van der Waals surface area contributed by atoms with Gasteiger partial charge in [0.2, 0.25) is 0 Å². The van der Waals surface area contributed by atoms with Crippen LogP contribution in [-0.4, -0.2) is 33.8 Å². The van der Waals surface area contributed by atoms with Crippen LogP contribution in [-0.2, 0) is 6.54 Å². The molecule has 0 unspecified atom stereocenters. The van der Waals surface area contributed by atoms with Gasteiger partial charge in [0, 0.05) is 12.6 Å². The summed E-state index contributed by atoms with van der Waals surface area (Å²) in [6, 6.07) is 9.73. The van der Waals surface area contributed by atoms with Crippen molar-refractivity contribution in [2.45, 2.75) is 44.4 Å². The highest BCUT2D eigenvalue weighted by Crippen LogP contribution is 2.24. The van der Waals surface area contributed by atoms with Crippen molar-refractivity contribution in [2.75, 3.05) is 6.54 Å². The Morgan fingerprint density at radius 3 is 2.63 bits per heavy atom. The van der Waals surface area contributed by atoms with E-state index in [0.717, 1.165) is 31.2 Å². The molecule has 0 heterocycles. The van der Waals surface area contributed by atoms with Gasteiger partial charge < -0.3 is 10.2 Å². The number of phenols is 1. The lowest BCUT2D eigenvalue weighted by Crippen LogP contribution is -2.38. The zero-order valence-corrected chi connectivity index (χ0v) is 11.0. The number of benzene rings is 1. The molecule has 1 aliphatic carbocycles. The molecule has 0 bridgehead atoms. The SMILES string of the molecule is N#CCN(Cc1cccc(O)c1)C1CCC(O)CC1. The fourth-order valence-electron chi connectivity index (χ4n) is 2.72. The molecule has 0 amide bonds. The van der Waals surface area contributed by atoms with Crippen LogP contribution < -0.4 is 0 Å². The fourth-order valence-corrected chi connectivity index (χ4v) is 2.72. The molecular formula is C15H20N2O2. The lowest BCUT2D eigenvalue weighted by atomic mass is 9.91. The van der Waals surface area contributed by atoms with Crippen molar-refractivity contribution in [3.8, 4) is 11.8 Å². The molecule has 1 aromatic rings. The summed E-state index contributed by atoms with van der Waals surface area (Å²) in [6.07, 6.45) is 3.31. The van der Waals surface area contributed by atoms with E-state index in [-0.39, 0.29) is 11.9 Å². The number of phenolic OH excluding ortho intramolecular Hbond substituents is 1. The van der Waals surface area contributed by atoms with Crippen LogP contribution >= 0.6 is 0 Å². The van der Waals surface area contributed by atoms with E-state index >= 15 is 0 Å². The third kappa shape index (κ3) is 3.95. The van der Waals surface area contributed by atoms with Gasteiger partial charge in [0.15, 0.2) is 0 Å². The minimum Gasteiger partial charge on any atom is -0.508 e. The Kier molecular flexibility index (Phi) is 4.78. The number of aliphatic hydroxyl groups excluding tert-OH is 1. The quantitative estimate of drug-likeness (QED) is 0.813. The van der Waals surface area contributed by atoms with E-state index in [1.165, 1.54) is 0 Å². The highest BCUT2D eigenvalue weighted by atomic mass is 16.3. The lowest BCUT2D eigenvalue weighted by Gasteiger charge is -2.34. The Morgan fingerprint density at radius 1 is 1.26 bits per heavy atom. The first-order valence-electron chi connectivity index (χ1n) is 6.76. The highest BCUT2D eigenvalue weighted by Gasteiger charge is 2.24. The summed E-state index contributed by atoms with van der Waals surface area (Å²) in [5.74, 6) is 0.258. The number of aliphatic hydroxyl groups is 1. The molecule has 0 atom stereocenters. The second kappa shape index (κ2) is 6.55. The Hall–Kier alpha value is -1.57. The van der Waals surface area contributed by atoms with Gasteiger partial charge in [-0.05, 0) is 43.4 Å². The summed E-state index contributed by atoms with van der Waals surface area (Å²) in [6.45, 7) is 1.05. The number of nitrogens with zero attached hydrogens (tertiary/aromatic N) is 2. The molecule has 1 aliphatic rings. The van der Waals surface area contributed by atoms with Gasteiger partial charge in [0.05, 0.1) is 18.7 Å². The third-order valence-electron chi connectivity index (χ3n) is 3.75. The smallest absolute Gasteiger partial charge is 0.115 e. The monoisotopic (exact) mass is 260 g/mol. The van der Waals surface area contributed by atoms with Gasteiger partial charge in [-0.3, -0.25) is 4.90 Å². The number of rotatable bonds is 4. The van der Waals surface area contributed by atoms with E-state index in [0.29, 0.717) is 19.1 Å². The van der Waals surface area contributed by atoms with Gasteiger partial charge in [-0.1, -0.05) is 12.1 Å². The standard InChI is InChI=1S/C15H20N2O2/c16-8-9-17(13-4-6-14(18)7-5-13)11-12-2-1-3-15(19)10-12/h1-3,10,13-14,18-19H,4-7,9,11H2. The van der Waals surface area contributed by atoms with Crippen LogP contribution in [0.3, 0.4) is 0 Å². The van der Waals surface area contributed by atoms with Crippen molar-refractivity contribution >= 4 is 0 Å². The summed E-state index contributed by atoms with van der Waals surface area (Å²) < 4.78 is 0. The molecule has 0 aliphatic heterocycles. The largest absolute Gasteiger partial charge is 0.508 e. The zero-order valence-electron chi connectivity index (χ0n) is 11.0. The number of nitriles is 1. The van der Waals surface area contributed by atoms with Crippen LogP contribution in [0.15, 0.2) is 24.3 Å². The molecule has 0 spiro atoms. The van der Waals surface area contributed by atoms with Gasteiger partial charge in [-0.2, -0.15) is 5.26 Å². The summed E-state index contributed by atoms with van der Waals surface area (Å²) in [7, 11) is 0. The van der Waals surface area contributed by atoms with Crippen LogP contribution in [0.4, 0.5) is 0 Å². The van der Waals surface area contributed by atoms with Crippen molar-refractivity contribution < 1.29 is 10.2 Å². The second-order valence-electron chi connectivity index (χ2n) is 5.20. The molecule has 4 heteroatoms. The van der Waals surface area contributed by atoms with Gasteiger partial charge in [-0.15, -0.1) is 0 Å². The van der Waals surface area contributed by atoms with Crippen LogP contribution in [0, 0.1) is 11.3 Å². The molecule has 19 heavy (non-hydrogen) atoms. The van der Waals surface area contributed by atoms with Crippen LogP contribution in [0.5, 0.6) is 5.75 Å². The van der Waals surface area contributed by atoms with Crippen LogP contribution in [0.2, 0.25) is 0 Å². The first-order valence-corrected chi connectivity index (χ1v) is 6.76. The summed E-state index contributed by atoms with van der Waals surface area (Å²) in [5.41, 5.74) is 1.02. The maximum Gasteiger partial charge on any atom is 0.115 e. The maximum absolute atomic E-state index is 9.55. The number of hydrogen-bond donors (Lipinski definition) is 2. The van der Waals surface area contributed by atoms with Gasteiger partial charge in [0.1, 0.15) is 5.75 Å². The van der Waals surface area contributed by atoms with Crippen molar-refractivity contribution in [3.63, 3.8) is 0 Å². The molecule has 0 saturated heterocycles. The Morgan fingerprint density at radius 2 is 2.00 bits per heavy atom. The van der Waals surface area contributed by atoms with Crippen LogP contribution in [0.25, 0.3) is 0 Å². The molecule has 2 N–H and O–H groups in total. The first kappa shape index (κ1) is 13.9. The van der Waals surface area contributed by atoms with E-state index in [4.69, 9.17) is 5.26 Å². The normalized spacial score (nSPS) is 23.2. The molecule has 2 rings (SSSR count). The Bertz CT molecular complexity index is 448. The van der Waals surface area contributed by atoms with Gasteiger partial charge in [0.25, 0.3) is 0 Å². The highest BCUT2D eigenvalue weighted by molar-refractivity contribution is 5.27. The molecule has 0 radical (unpaired) electrons. The summed E-state index contributed by atoms with van der Waals surface area (Å²) >= 11 is 0. The molecule has 1 aromatic carbocycles. The lowest BCUT2D eigenvalue weighted by molar-refractivity contribution is 0.0763. The molecular weight excluding hydrogens is 240 g/mol. The molecule has 102 valence electrons. The van der Waals surface area contributed by atoms with E-state index < -0.39 is 0 Å². The topological polar surface area (TPSA) is 67.5 Å². The van der Waals surface area contributed by atoms with Crippen molar-refractivity contribution in [2.24, 2.45) is 0 Å².